The van der Waals surface area contributed by atoms with Crippen LogP contribution in [-0.4, -0.2) is 37.7 Å². The summed E-state index contributed by atoms with van der Waals surface area (Å²) >= 11 is 0. The van der Waals surface area contributed by atoms with E-state index in [1.165, 1.54) is 34.6 Å². The van der Waals surface area contributed by atoms with E-state index in [1.807, 2.05) is 19.1 Å². The fourth-order valence-corrected chi connectivity index (χ4v) is 4.71. The van der Waals surface area contributed by atoms with Gasteiger partial charge in [0.2, 0.25) is 10.0 Å². The van der Waals surface area contributed by atoms with Crippen LogP contribution < -0.4 is 10.1 Å². The molecule has 0 aliphatic carbocycles. The highest BCUT2D eigenvalue weighted by molar-refractivity contribution is 7.89. The number of nitrogens with one attached hydrogen (secondary N) is 1. The molecule has 8 heteroatoms. The Morgan fingerprint density at radius 1 is 0.879 bits per heavy atom. The number of ether oxygens (including phenoxy) is 1. The van der Waals surface area contributed by atoms with Gasteiger partial charge in [-0.15, -0.1) is 0 Å². The Hall–Kier alpha value is -3.49. The molecule has 7 nitrogen and oxygen atoms in total. The molecule has 0 saturated heterocycles. The topological polar surface area (TPSA) is 92.8 Å². The molecule has 3 aromatic carbocycles. The second-order valence-electron chi connectivity index (χ2n) is 7.35. The second-order valence-corrected chi connectivity index (χ2v) is 9.29. The molecule has 1 amide bonds. The van der Waals surface area contributed by atoms with E-state index in [1.54, 1.807) is 44.2 Å². The van der Waals surface area contributed by atoms with E-state index >= 15 is 0 Å². The zero-order chi connectivity index (χ0) is 24.0. The van der Waals surface area contributed by atoms with Crippen LogP contribution in [0.2, 0.25) is 0 Å². The summed E-state index contributed by atoms with van der Waals surface area (Å²) in [6.07, 6.45) is 0. The number of hydrogen-bond donors (Lipinski definition) is 1. The van der Waals surface area contributed by atoms with Crippen LogP contribution in [0.5, 0.6) is 5.75 Å². The summed E-state index contributed by atoms with van der Waals surface area (Å²) in [6.45, 7) is 6.10. The van der Waals surface area contributed by atoms with E-state index < -0.39 is 16.0 Å². The van der Waals surface area contributed by atoms with Crippen LogP contribution in [0.4, 0.5) is 5.69 Å². The van der Waals surface area contributed by atoms with Gasteiger partial charge in [-0.25, -0.2) is 13.2 Å². The van der Waals surface area contributed by atoms with Gasteiger partial charge in [-0.2, -0.15) is 4.31 Å². The maximum absolute atomic E-state index is 12.7. The van der Waals surface area contributed by atoms with Gasteiger partial charge >= 0.3 is 5.97 Å². The standard InChI is InChI=1S/C25H26N2O5S/c1-4-27(5-2)33(30,31)23-11-6-8-20(16-23)25(29)32-22-10-7-9-21(17-22)26-24(28)19-14-12-18(3)13-15-19/h6-17H,4-5H2,1-3H3,(H,26,28). The molecule has 3 rings (SSSR count). The summed E-state index contributed by atoms with van der Waals surface area (Å²) in [6, 6.07) is 19.3. The molecule has 0 bridgehead atoms. The maximum Gasteiger partial charge on any atom is 0.343 e. The number of amides is 1. The smallest absolute Gasteiger partial charge is 0.343 e. The van der Waals surface area contributed by atoms with Gasteiger partial charge in [0, 0.05) is 30.4 Å². The second kappa shape index (κ2) is 10.4. The van der Waals surface area contributed by atoms with Gasteiger partial charge < -0.3 is 10.1 Å². The molecule has 0 saturated carbocycles. The van der Waals surface area contributed by atoms with E-state index in [0.29, 0.717) is 24.3 Å². The first-order valence-electron chi connectivity index (χ1n) is 10.5. The molecule has 0 unspecified atom stereocenters. The van der Waals surface area contributed by atoms with Crippen molar-refractivity contribution in [3.63, 3.8) is 0 Å². The van der Waals surface area contributed by atoms with Crippen LogP contribution in [0.3, 0.4) is 0 Å². The van der Waals surface area contributed by atoms with Gasteiger partial charge in [-0.05, 0) is 49.4 Å². The van der Waals surface area contributed by atoms with Crippen molar-refractivity contribution in [3.05, 3.63) is 89.5 Å². The van der Waals surface area contributed by atoms with Crippen LogP contribution in [0.1, 0.15) is 40.1 Å². The number of carbonyl (C=O) groups is 2. The molecule has 33 heavy (non-hydrogen) atoms. The molecule has 0 aliphatic rings. The molecule has 3 aromatic rings. The van der Waals surface area contributed by atoms with Crippen molar-refractivity contribution in [2.24, 2.45) is 0 Å². The average Bonchev–Trinajstić information content (AvgIpc) is 2.80. The number of carbonyl (C=O) groups excluding carboxylic acids is 2. The largest absolute Gasteiger partial charge is 0.423 e. The molecule has 0 atom stereocenters. The number of sulfonamides is 1. The Bertz CT molecular complexity index is 1250. The molecule has 0 aliphatic heterocycles. The van der Waals surface area contributed by atoms with Crippen LogP contribution in [-0.2, 0) is 10.0 Å². The van der Waals surface area contributed by atoms with Crippen LogP contribution in [0, 0.1) is 6.92 Å². The highest BCUT2D eigenvalue weighted by Crippen LogP contribution is 2.21. The third-order valence-electron chi connectivity index (χ3n) is 5.03. The van der Waals surface area contributed by atoms with Crippen molar-refractivity contribution < 1.29 is 22.7 Å². The third-order valence-corrected chi connectivity index (χ3v) is 7.08. The molecule has 0 radical (unpaired) electrons. The number of hydrogen-bond acceptors (Lipinski definition) is 5. The van der Waals surface area contributed by atoms with E-state index in [0.717, 1.165) is 5.56 Å². The molecule has 0 aromatic heterocycles. The van der Waals surface area contributed by atoms with Crippen molar-refractivity contribution in [3.8, 4) is 5.75 Å². The van der Waals surface area contributed by atoms with E-state index in [2.05, 4.69) is 5.32 Å². The van der Waals surface area contributed by atoms with Crippen molar-refractivity contribution in [2.75, 3.05) is 18.4 Å². The van der Waals surface area contributed by atoms with E-state index in [-0.39, 0.29) is 22.1 Å². The van der Waals surface area contributed by atoms with Crippen molar-refractivity contribution >= 4 is 27.6 Å². The first kappa shape index (κ1) is 24.2. The summed E-state index contributed by atoms with van der Waals surface area (Å²) in [4.78, 5) is 25.1. The maximum atomic E-state index is 12.7. The lowest BCUT2D eigenvalue weighted by Gasteiger charge is -2.18. The minimum absolute atomic E-state index is 0.0276. The lowest BCUT2D eigenvalue weighted by molar-refractivity contribution is 0.0734. The first-order chi connectivity index (χ1) is 15.7. The van der Waals surface area contributed by atoms with Gasteiger partial charge in [-0.3, -0.25) is 4.79 Å². The molecule has 0 spiro atoms. The van der Waals surface area contributed by atoms with Gasteiger partial charge in [0.1, 0.15) is 5.75 Å². The average molecular weight is 467 g/mol. The number of rotatable bonds is 8. The fourth-order valence-electron chi connectivity index (χ4n) is 3.21. The number of esters is 1. The lowest BCUT2D eigenvalue weighted by Crippen LogP contribution is -2.30. The van der Waals surface area contributed by atoms with Gasteiger partial charge in [0.15, 0.2) is 0 Å². The molecule has 0 heterocycles. The van der Waals surface area contributed by atoms with Crippen molar-refractivity contribution in [1.29, 1.82) is 0 Å². The summed E-state index contributed by atoms with van der Waals surface area (Å²) in [5, 5.41) is 2.77. The minimum Gasteiger partial charge on any atom is -0.423 e. The Kier molecular flexibility index (Phi) is 7.63. The summed E-state index contributed by atoms with van der Waals surface area (Å²) in [5.41, 5.74) is 2.13. The molecule has 0 fully saturated rings. The Morgan fingerprint density at radius 2 is 1.55 bits per heavy atom. The summed E-state index contributed by atoms with van der Waals surface area (Å²) in [5.74, 6) is -0.764. The predicted molar refractivity (Wildman–Crippen MR) is 127 cm³/mol. The normalized spacial score (nSPS) is 11.3. The zero-order valence-electron chi connectivity index (χ0n) is 18.7. The van der Waals surface area contributed by atoms with E-state index in [9.17, 15) is 18.0 Å². The third kappa shape index (κ3) is 5.85. The van der Waals surface area contributed by atoms with Crippen molar-refractivity contribution in [1.82, 2.24) is 4.31 Å². The molecular formula is C25H26N2O5S. The molecular weight excluding hydrogens is 440 g/mol. The van der Waals surface area contributed by atoms with Gasteiger partial charge in [0.05, 0.1) is 10.5 Å². The Balaban J connectivity index is 1.75. The Labute approximate surface area is 194 Å². The lowest BCUT2D eigenvalue weighted by atomic mass is 10.1. The van der Waals surface area contributed by atoms with Gasteiger partial charge in [-0.1, -0.05) is 43.7 Å². The quantitative estimate of drug-likeness (QED) is 0.390. The first-order valence-corrected chi connectivity index (χ1v) is 12.0. The highest BCUT2D eigenvalue weighted by Gasteiger charge is 2.23. The number of benzene rings is 3. The van der Waals surface area contributed by atoms with Crippen LogP contribution >= 0.6 is 0 Å². The minimum atomic E-state index is -3.70. The molecule has 172 valence electrons. The number of aryl methyl sites for hydroxylation is 1. The highest BCUT2D eigenvalue weighted by atomic mass is 32.2. The van der Waals surface area contributed by atoms with Crippen molar-refractivity contribution in [2.45, 2.75) is 25.7 Å². The predicted octanol–water partition coefficient (Wildman–Crippen LogP) is 4.50. The summed E-state index contributed by atoms with van der Waals surface area (Å²) < 4.78 is 32.2. The number of nitrogens with zero attached hydrogens (tertiary/aromatic N) is 1. The van der Waals surface area contributed by atoms with Crippen LogP contribution in [0.25, 0.3) is 0 Å². The van der Waals surface area contributed by atoms with Gasteiger partial charge in [0.25, 0.3) is 5.91 Å². The van der Waals surface area contributed by atoms with Crippen LogP contribution in [0.15, 0.2) is 77.7 Å². The SMILES string of the molecule is CCN(CC)S(=O)(=O)c1cccc(C(=O)Oc2cccc(NC(=O)c3ccc(C)cc3)c2)c1. The van der Waals surface area contributed by atoms with E-state index in [4.69, 9.17) is 4.74 Å². The molecule has 1 N–H and O–H groups in total. The monoisotopic (exact) mass is 466 g/mol. The summed E-state index contributed by atoms with van der Waals surface area (Å²) in [7, 11) is -3.70. The Morgan fingerprint density at radius 3 is 2.21 bits per heavy atom. The fraction of sp³-hybridized carbons (Fsp3) is 0.200. The number of anilines is 1. The zero-order valence-corrected chi connectivity index (χ0v) is 19.6.